The molecule has 2 amide bonds. The summed E-state index contributed by atoms with van der Waals surface area (Å²) in [7, 11) is 0. The average molecular weight is 222 g/mol. The van der Waals surface area contributed by atoms with Crippen molar-refractivity contribution in [2.45, 2.75) is 25.8 Å². The summed E-state index contributed by atoms with van der Waals surface area (Å²) < 4.78 is 12.8. The fourth-order valence-corrected chi connectivity index (χ4v) is 1.54. The van der Waals surface area contributed by atoms with E-state index < -0.39 is 0 Å². The first kappa shape index (κ1) is 10.9. The Kier molecular flexibility index (Phi) is 3.08. The molecule has 2 rings (SSSR count). The van der Waals surface area contributed by atoms with Crippen LogP contribution in [0.1, 0.15) is 19.8 Å². The lowest BCUT2D eigenvalue weighted by Crippen LogP contribution is -2.41. The molecule has 0 aliphatic heterocycles. The summed E-state index contributed by atoms with van der Waals surface area (Å²) >= 11 is 0. The topological polar surface area (TPSA) is 32.3 Å². The van der Waals surface area contributed by atoms with Crippen LogP contribution < -0.4 is 10.2 Å². The summed E-state index contributed by atoms with van der Waals surface area (Å²) in [6, 6.07) is 6.19. The number of halogens is 1. The van der Waals surface area contributed by atoms with Crippen molar-refractivity contribution in [1.82, 2.24) is 5.32 Å². The summed E-state index contributed by atoms with van der Waals surface area (Å²) in [6.45, 7) is 2.47. The van der Waals surface area contributed by atoms with Gasteiger partial charge in [0.15, 0.2) is 0 Å². The zero-order valence-electron chi connectivity index (χ0n) is 9.24. The second-order valence-corrected chi connectivity index (χ2v) is 3.94. The van der Waals surface area contributed by atoms with Gasteiger partial charge in [-0.1, -0.05) is 0 Å². The zero-order valence-corrected chi connectivity index (χ0v) is 9.24. The molecule has 1 saturated carbocycles. The molecule has 1 aliphatic carbocycles. The van der Waals surface area contributed by atoms with Crippen molar-refractivity contribution in [1.29, 1.82) is 0 Å². The molecule has 1 aliphatic rings. The average Bonchev–Trinajstić information content (AvgIpc) is 3.06. The highest BCUT2D eigenvalue weighted by molar-refractivity contribution is 5.92. The molecule has 0 radical (unpaired) electrons. The lowest BCUT2D eigenvalue weighted by molar-refractivity contribution is 0.246. The van der Waals surface area contributed by atoms with E-state index in [1.165, 1.54) is 12.1 Å². The van der Waals surface area contributed by atoms with Crippen molar-refractivity contribution in [2.24, 2.45) is 0 Å². The smallest absolute Gasteiger partial charge is 0.322 e. The van der Waals surface area contributed by atoms with Gasteiger partial charge in [-0.2, -0.15) is 0 Å². The maximum absolute atomic E-state index is 12.8. The second-order valence-electron chi connectivity index (χ2n) is 3.94. The summed E-state index contributed by atoms with van der Waals surface area (Å²) in [4.78, 5) is 13.4. The van der Waals surface area contributed by atoms with Gasteiger partial charge in [-0.25, -0.2) is 9.18 Å². The normalized spacial score (nSPS) is 14.6. The molecular weight excluding hydrogens is 207 g/mol. The quantitative estimate of drug-likeness (QED) is 0.837. The molecule has 0 unspecified atom stereocenters. The zero-order chi connectivity index (χ0) is 11.5. The van der Waals surface area contributed by atoms with Gasteiger partial charge in [-0.05, 0) is 44.0 Å². The van der Waals surface area contributed by atoms with Crippen LogP contribution >= 0.6 is 0 Å². The number of urea groups is 1. The standard InChI is InChI=1S/C12H15FN2O/c1-2-15(12(16)14-10-5-6-10)11-7-3-9(13)4-8-11/h3-4,7-8,10H,2,5-6H2,1H3,(H,14,16). The van der Waals surface area contributed by atoms with Crippen molar-refractivity contribution in [3.05, 3.63) is 30.1 Å². The molecule has 0 atom stereocenters. The summed E-state index contributed by atoms with van der Waals surface area (Å²) in [5, 5.41) is 2.91. The Hall–Kier alpha value is -1.58. The number of carbonyl (C=O) groups is 1. The molecule has 0 aromatic heterocycles. The molecule has 86 valence electrons. The van der Waals surface area contributed by atoms with E-state index in [4.69, 9.17) is 0 Å². The lowest BCUT2D eigenvalue weighted by atomic mass is 10.3. The molecule has 16 heavy (non-hydrogen) atoms. The van der Waals surface area contributed by atoms with Gasteiger partial charge >= 0.3 is 6.03 Å². The molecular formula is C12H15FN2O. The SMILES string of the molecule is CCN(C(=O)NC1CC1)c1ccc(F)cc1. The summed E-state index contributed by atoms with van der Waals surface area (Å²) in [5.74, 6) is -0.289. The molecule has 0 heterocycles. The molecule has 1 aromatic rings. The first-order chi connectivity index (χ1) is 7.70. The van der Waals surface area contributed by atoms with Gasteiger partial charge in [0.25, 0.3) is 0 Å². The van der Waals surface area contributed by atoms with Gasteiger partial charge in [0.1, 0.15) is 5.82 Å². The molecule has 3 nitrogen and oxygen atoms in total. The van der Waals surface area contributed by atoms with Crippen LogP contribution in [0.5, 0.6) is 0 Å². The van der Waals surface area contributed by atoms with Crippen LogP contribution in [0.4, 0.5) is 14.9 Å². The number of nitrogens with zero attached hydrogens (tertiary/aromatic N) is 1. The summed E-state index contributed by atoms with van der Waals surface area (Å²) in [5.41, 5.74) is 0.724. The van der Waals surface area contributed by atoms with Gasteiger partial charge in [0, 0.05) is 18.3 Å². The predicted octanol–water partition coefficient (Wildman–Crippen LogP) is 2.52. The second kappa shape index (κ2) is 4.51. The Labute approximate surface area is 94.3 Å². The van der Waals surface area contributed by atoms with Gasteiger partial charge in [0.05, 0.1) is 0 Å². The third-order valence-electron chi connectivity index (χ3n) is 2.60. The minimum absolute atomic E-state index is 0.100. The van der Waals surface area contributed by atoms with Crippen LogP contribution in [-0.4, -0.2) is 18.6 Å². The Morgan fingerprint density at radius 2 is 2.06 bits per heavy atom. The molecule has 1 N–H and O–H groups in total. The molecule has 0 spiro atoms. The third kappa shape index (κ3) is 2.51. The number of hydrogen-bond acceptors (Lipinski definition) is 1. The van der Waals surface area contributed by atoms with E-state index >= 15 is 0 Å². The Morgan fingerprint density at radius 3 is 2.56 bits per heavy atom. The highest BCUT2D eigenvalue weighted by Gasteiger charge is 2.25. The van der Waals surface area contributed by atoms with E-state index in [0.717, 1.165) is 18.5 Å². The van der Waals surface area contributed by atoms with E-state index in [1.807, 2.05) is 6.92 Å². The largest absolute Gasteiger partial charge is 0.335 e. The van der Waals surface area contributed by atoms with Gasteiger partial charge in [-0.3, -0.25) is 4.90 Å². The molecule has 1 aromatic carbocycles. The van der Waals surface area contributed by atoms with Crippen molar-refractivity contribution in [3.8, 4) is 0 Å². The Bertz CT molecular complexity index is 373. The van der Waals surface area contributed by atoms with E-state index in [1.54, 1.807) is 17.0 Å². The van der Waals surface area contributed by atoms with Gasteiger partial charge in [0.2, 0.25) is 0 Å². The van der Waals surface area contributed by atoms with Crippen LogP contribution in [0.25, 0.3) is 0 Å². The van der Waals surface area contributed by atoms with Crippen LogP contribution in [-0.2, 0) is 0 Å². The minimum atomic E-state index is -0.289. The van der Waals surface area contributed by atoms with Crippen LogP contribution in [0, 0.1) is 5.82 Å². The molecule has 1 fully saturated rings. The van der Waals surface area contributed by atoms with Gasteiger partial charge < -0.3 is 5.32 Å². The van der Waals surface area contributed by atoms with Crippen molar-refractivity contribution < 1.29 is 9.18 Å². The van der Waals surface area contributed by atoms with Gasteiger partial charge in [-0.15, -0.1) is 0 Å². The van der Waals surface area contributed by atoms with Crippen molar-refractivity contribution in [2.75, 3.05) is 11.4 Å². The van der Waals surface area contributed by atoms with E-state index in [9.17, 15) is 9.18 Å². The third-order valence-corrected chi connectivity index (χ3v) is 2.60. The minimum Gasteiger partial charge on any atom is -0.335 e. The first-order valence-corrected chi connectivity index (χ1v) is 5.54. The van der Waals surface area contributed by atoms with E-state index in [0.29, 0.717) is 12.6 Å². The van der Waals surface area contributed by atoms with Crippen LogP contribution in [0.3, 0.4) is 0 Å². The Balaban J connectivity index is 2.07. The van der Waals surface area contributed by atoms with E-state index in [2.05, 4.69) is 5.32 Å². The maximum atomic E-state index is 12.8. The fourth-order valence-electron chi connectivity index (χ4n) is 1.54. The number of amides is 2. The van der Waals surface area contributed by atoms with Crippen LogP contribution in [0.15, 0.2) is 24.3 Å². The fraction of sp³-hybridized carbons (Fsp3) is 0.417. The number of rotatable bonds is 3. The molecule has 0 saturated heterocycles. The number of nitrogens with one attached hydrogen (secondary N) is 1. The lowest BCUT2D eigenvalue weighted by Gasteiger charge is -2.21. The number of carbonyl (C=O) groups excluding carboxylic acids is 1. The first-order valence-electron chi connectivity index (χ1n) is 5.54. The number of anilines is 1. The van der Waals surface area contributed by atoms with E-state index in [-0.39, 0.29) is 11.8 Å². The summed E-state index contributed by atoms with van der Waals surface area (Å²) in [6.07, 6.45) is 2.12. The van der Waals surface area contributed by atoms with Crippen LogP contribution in [0.2, 0.25) is 0 Å². The number of benzene rings is 1. The highest BCUT2D eigenvalue weighted by atomic mass is 19.1. The van der Waals surface area contributed by atoms with Crippen molar-refractivity contribution >= 4 is 11.7 Å². The van der Waals surface area contributed by atoms with Crippen molar-refractivity contribution in [3.63, 3.8) is 0 Å². The molecule has 0 bridgehead atoms. The maximum Gasteiger partial charge on any atom is 0.322 e. The number of hydrogen-bond donors (Lipinski definition) is 1. The highest BCUT2D eigenvalue weighted by Crippen LogP contribution is 2.20. The Morgan fingerprint density at radius 1 is 1.44 bits per heavy atom. The monoisotopic (exact) mass is 222 g/mol. The molecule has 4 heteroatoms. The predicted molar refractivity (Wildman–Crippen MR) is 61.0 cm³/mol.